The molecule has 0 bridgehead atoms. The van der Waals surface area contributed by atoms with Gasteiger partial charge in [0.15, 0.2) is 0 Å². The van der Waals surface area contributed by atoms with Crippen LogP contribution in [0.15, 0.2) is 0 Å². The molecule has 2 aliphatic heterocycles. The summed E-state index contributed by atoms with van der Waals surface area (Å²) in [6.45, 7) is 2.67. The molecule has 2 aliphatic rings. The molecule has 0 amide bonds. The molecular formula is C21H36O12. The van der Waals surface area contributed by atoms with Gasteiger partial charge in [-0.25, -0.2) is 0 Å². The second-order valence-corrected chi connectivity index (χ2v) is 7.86. The van der Waals surface area contributed by atoms with Crippen LogP contribution in [0.25, 0.3) is 0 Å². The van der Waals surface area contributed by atoms with E-state index in [9.17, 15) is 14.7 Å². The van der Waals surface area contributed by atoms with Crippen LogP contribution in [0.4, 0.5) is 0 Å². The van der Waals surface area contributed by atoms with Crippen molar-refractivity contribution in [3.63, 3.8) is 0 Å². The van der Waals surface area contributed by atoms with Crippen molar-refractivity contribution in [2.24, 2.45) is 0 Å². The molecule has 33 heavy (non-hydrogen) atoms. The zero-order valence-electron chi connectivity index (χ0n) is 20.0. The number of methoxy groups -OCH3 is 4. The average Bonchev–Trinajstić information content (AvgIpc) is 3.09. The van der Waals surface area contributed by atoms with Crippen molar-refractivity contribution in [3.8, 4) is 0 Å². The minimum Gasteiger partial charge on any atom is -0.463 e. The Bertz CT molecular complexity index is 616. The number of ether oxygens (including phenoxy) is 9. The molecule has 0 aromatic rings. The van der Waals surface area contributed by atoms with Crippen LogP contribution in [0.2, 0.25) is 0 Å². The maximum absolute atomic E-state index is 11.3. The van der Waals surface area contributed by atoms with Crippen molar-refractivity contribution in [2.45, 2.75) is 68.8 Å². The zero-order chi connectivity index (χ0) is 24.5. The monoisotopic (exact) mass is 480 g/mol. The normalized spacial score (nSPS) is 36.5. The van der Waals surface area contributed by atoms with Crippen LogP contribution in [-0.2, 0) is 52.2 Å². The molecule has 0 radical (unpaired) electrons. The lowest BCUT2D eigenvalue weighted by atomic mass is 9.94. The molecule has 0 aromatic carbocycles. The second-order valence-electron chi connectivity index (χ2n) is 7.86. The van der Waals surface area contributed by atoms with Gasteiger partial charge in [0, 0.05) is 42.3 Å². The first kappa shape index (κ1) is 27.9. The van der Waals surface area contributed by atoms with Gasteiger partial charge >= 0.3 is 11.9 Å². The molecule has 9 unspecified atom stereocenters. The number of hydrogen-bond donors (Lipinski definition) is 1. The third-order valence-corrected chi connectivity index (χ3v) is 5.72. The maximum atomic E-state index is 11.3. The van der Waals surface area contributed by atoms with E-state index in [1.165, 1.54) is 42.3 Å². The number of hydrogen-bond acceptors (Lipinski definition) is 12. The van der Waals surface area contributed by atoms with Gasteiger partial charge in [0.2, 0.25) is 0 Å². The Morgan fingerprint density at radius 2 is 1.03 bits per heavy atom. The smallest absolute Gasteiger partial charge is 0.302 e. The van der Waals surface area contributed by atoms with Crippen LogP contribution in [-0.4, -0.2) is 127 Å². The van der Waals surface area contributed by atoms with Gasteiger partial charge in [0.25, 0.3) is 0 Å². The van der Waals surface area contributed by atoms with Crippen LogP contribution in [0.3, 0.4) is 0 Å². The molecular weight excluding hydrogens is 444 g/mol. The summed E-state index contributed by atoms with van der Waals surface area (Å²) in [5.41, 5.74) is 0. The van der Waals surface area contributed by atoms with Crippen molar-refractivity contribution < 1.29 is 57.3 Å². The average molecular weight is 481 g/mol. The van der Waals surface area contributed by atoms with E-state index in [0.29, 0.717) is 0 Å². The fraction of sp³-hybridized carbons (Fsp3) is 0.905. The fourth-order valence-corrected chi connectivity index (χ4v) is 4.17. The molecule has 0 saturated carbocycles. The highest BCUT2D eigenvalue weighted by Crippen LogP contribution is 2.29. The van der Waals surface area contributed by atoms with E-state index in [1.807, 2.05) is 0 Å². The molecule has 0 aliphatic carbocycles. The van der Waals surface area contributed by atoms with Gasteiger partial charge in [0.1, 0.15) is 68.1 Å². The van der Waals surface area contributed by atoms with Crippen LogP contribution in [0.5, 0.6) is 0 Å². The predicted octanol–water partition coefficient (Wildman–Crippen LogP) is -0.915. The zero-order valence-corrected chi connectivity index (χ0v) is 20.0. The summed E-state index contributed by atoms with van der Waals surface area (Å²) in [6.07, 6.45) is -5.65. The third-order valence-electron chi connectivity index (χ3n) is 5.72. The van der Waals surface area contributed by atoms with Gasteiger partial charge in [-0.2, -0.15) is 0 Å². The van der Waals surface area contributed by atoms with E-state index in [-0.39, 0.29) is 26.4 Å². The number of rotatable bonds is 12. The minimum absolute atomic E-state index is 0.0154. The number of esters is 2. The lowest BCUT2D eigenvalue weighted by Crippen LogP contribution is -2.61. The number of aliphatic hydroxyl groups is 1. The van der Waals surface area contributed by atoms with Crippen LogP contribution >= 0.6 is 0 Å². The van der Waals surface area contributed by atoms with Gasteiger partial charge in [0.05, 0.1) is 13.2 Å². The minimum atomic E-state index is -0.970. The van der Waals surface area contributed by atoms with E-state index in [4.69, 9.17) is 42.6 Å². The predicted molar refractivity (Wildman–Crippen MR) is 111 cm³/mol. The highest BCUT2D eigenvalue weighted by atomic mass is 16.6. The largest absolute Gasteiger partial charge is 0.463 e. The summed E-state index contributed by atoms with van der Waals surface area (Å²) >= 11 is 0. The summed E-state index contributed by atoms with van der Waals surface area (Å²) < 4.78 is 49.8. The lowest BCUT2D eigenvalue weighted by Gasteiger charge is -2.44. The topological polar surface area (TPSA) is 137 Å². The van der Waals surface area contributed by atoms with Crippen molar-refractivity contribution in [1.82, 2.24) is 0 Å². The Hall–Kier alpha value is -1.38. The molecule has 0 spiro atoms. The molecule has 192 valence electrons. The summed E-state index contributed by atoms with van der Waals surface area (Å²) in [5, 5.41) is 10.5. The quantitative estimate of drug-likeness (QED) is 0.346. The Morgan fingerprint density at radius 3 is 1.48 bits per heavy atom. The number of carbonyl (C=O) groups excluding carboxylic acids is 2. The highest BCUT2D eigenvalue weighted by Gasteiger charge is 2.48. The lowest BCUT2D eigenvalue weighted by molar-refractivity contribution is -0.258. The first-order chi connectivity index (χ1) is 15.8. The Kier molecular flexibility index (Phi) is 11.4. The molecule has 2 heterocycles. The molecule has 2 rings (SSSR count). The van der Waals surface area contributed by atoms with Crippen molar-refractivity contribution in [1.29, 1.82) is 0 Å². The van der Waals surface area contributed by atoms with Crippen LogP contribution < -0.4 is 0 Å². The Balaban J connectivity index is 1.98. The van der Waals surface area contributed by atoms with Gasteiger partial charge < -0.3 is 47.7 Å². The fourth-order valence-electron chi connectivity index (χ4n) is 4.17. The maximum Gasteiger partial charge on any atom is 0.302 e. The second kappa shape index (κ2) is 13.5. The van der Waals surface area contributed by atoms with Gasteiger partial charge in [-0.1, -0.05) is 0 Å². The molecule has 12 nitrogen and oxygen atoms in total. The summed E-state index contributed by atoms with van der Waals surface area (Å²) in [7, 11) is 6.02. The first-order valence-electron chi connectivity index (χ1n) is 10.7. The number of carbonyl (C=O) groups is 2. The Morgan fingerprint density at radius 1 is 0.636 bits per heavy atom. The van der Waals surface area contributed by atoms with E-state index in [1.54, 1.807) is 0 Å². The summed E-state index contributed by atoms with van der Waals surface area (Å²) in [4.78, 5) is 22.4. The Labute approximate surface area is 193 Å². The van der Waals surface area contributed by atoms with Crippen molar-refractivity contribution >= 4 is 11.9 Å². The van der Waals surface area contributed by atoms with E-state index in [0.717, 1.165) is 0 Å². The number of aliphatic hydroxyl groups excluding tert-OH is 1. The van der Waals surface area contributed by atoms with E-state index in [2.05, 4.69) is 0 Å². The molecule has 9 atom stereocenters. The van der Waals surface area contributed by atoms with Crippen molar-refractivity contribution in [3.05, 3.63) is 0 Å². The van der Waals surface area contributed by atoms with Crippen LogP contribution in [0.1, 0.15) is 13.8 Å². The van der Waals surface area contributed by atoms with E-state index < -0.39 is 66.9 Å². The van der Waals surface area contributed by atoms with Gasteiger partial charge in [-0.15, -0.1) is 0 Å². The molecule has 2 saturated heterocycles. The molecule has 12 heteroatoms. The SMILES string of the molecule is COC1C(COC(C)=O)OC(COCC2OC(COC(C)=O)C(OC)C(OC)C2OC)C1O. The van der Waals surface area contributed by atoms with Crippen LogP contribution in [0, 0.1) is 0 Å². The molecule has 0 aromatic heterocycles. The summed E-state index contributed by atoms with van der Waals surface area (Å²) in [5.74, 6) is -0.888. The standard InChI is InChI=1S/C21H36O12/c1-11(22)30-9-15-18(25-3)17(24)13(32-15)7-29-8-14-19(26-4)21(28-6)20(27-5)16(33-14)10-31-12(2)23/h13-21,24H,7-10H2,1-6H3. The molecule has 2 fully saturated rings. The van der Waals surface area contributed by atoms with Crippen molar-refractivity contribution in [2.75, 3.05) is 54.9 Å². The van der Waals surface area contributed by atoms with E-state index >= 15 is 0 Å². The summed E-state index contributed by atoms with van der Waals surface area (Å²) in [6, 6.07) is 0. The highest BCUT2D eigenvalue weighted by molar-refractivity contribution is 5.66. The third kappa shape index (κ3) is 7.30. The molecule has 1 N–H and O–H groups in total. The van der Waals surface area contributed by atoms with Gasteiger partial charge in [-0.05, 0) is 0 Å². The van der Waals surface area contributed by atoms with Gasteiger partial charge in [-0.3, -0.25) is 9.59 Å². The first-order valence-corrected chi connectivity index (χ1v) is 10.7.